The van der Waals surface area contributed by atoms with Gasteiger partial charge in [0.1, 0.15) is 5.75 Å². The molecule has 0 spiro atoms. The summed E-state index contributed by atoms with van der Waals surface area (Å²) in [5, 5.41) is 5.79. The molecule has 0 aliphatic carbocycles. The lowest BCUT2D eigenvalue weighted by atomic mass is 10.1. The Hall–Kier alpha value is -1.34. The number of rotatable bonds is 9. The second-order valence-electron chi connectivity index (χ2n) is 4.53. The van der Waals surface area contributed by atoms with E-state index in [2.05, 4.69) is 10.6 Å². The Morgan fingerprint density at radius 3 is 2.41 bits per heavy atom. The van der Waals surface area contributed by atoms with E-state index in [0.29, 0.717) is 23.8 Å². The van der Waals surface area contributed by atoms with E-state index in [4.69, 9.17) is 4.74 Å². The summed E-state index contributed by atoms with van der Waals surface area (Å²) in [7, 11) is 1.59. The summed E-state index contributed by atoms with van der Waals surface area (Å²) in [5.74, 6) is 1.35. The van der Waals surface area contributed by atoms with Crippen LogP contribution in [0.5, 0.6) is 5.75 Å². The standard InChI is InChI=1S/C15H22N2O3S2/c1-20-13-7-5-4-6-11(13)12(17-15(19)10-22-3)8-16-14(18)9-21-2/h4-7,12H,8-10H2,1-3H3,(H,16,18)(H,17,19). The largest absolute Gasteiger partial charge is 0.496 e. The fourth-order valence-electron chi connectivity index (χ4n) is 1.96. The molecule has 1 aromatic rings. The molecule has 0 radical (unpaired) electrons. The van der Waals surface area contributed by atoms with Crippen LogP contribution in [0.1, 0.15) is 11.6 Å². The van der Waals surface area contributed by atoms with Crippen LogP contribution in [0.2, 0.25) is 0 Å². The van der Waals surface area contributed by atoms with E-state index >= 15 is 0 Å². The molecule has 7 heteroatoms. The van der Waals surface area contributed by atoms with Crippen LogP contribution in [0, 0.1) is 0 Å². The first-order chi connectivity index (χ1) is 10.6. The van der Waals surface area contributed by atoms with Crippen molar-refractivity contribution in [3.8, 4) is 5.75 Å². The predicted molar refractivity (Wildman–Crippen MR) is 93.7 cm³/mol. The summed E-state index contributed by atoms with van der Waals surface area (Å²) >= 11 is 2.91. The second-order valence-corrected chi connectivity index (χ2v) is 6.26. The van der Waals surface area contributed by atoms with Crippen molar-refractivity contribution < 1.29 is 14.3 Å². The van der Waals surface area contributed by atoms with Crippen molar-refractivity contribution >= 4 is 35.3 Å². The van der Waals surface area contributed by atoms with Crippen molar-refractivity contribution in [2.24, 2.45) is 0 Å². The third-order valence-electron chi connectivity index (χ3n) is 2.90. The van der Waals surface area contributed by atoms with E-state index in [1.807, 2.05) is 36.8 Å². The van der Waals surface area contributed by atoms with Crippen molar-refractivity contribution in [1.29, 1.82) is 0 Å². The smallest absolute Gasteiger partial charge is 0.230 e. The summed E-state index contributed by atoms with van der Waals surface area (Å²) in [6.45, 7) is 0.333. The Kier molecular flexibility index (Phi) is 8.84. The molecule has 122 valence electrons. The predicted octanol–water partition coefficient (Wildman–Crippen LogP) is 1.69. The highest BCUT2D eigenvalue weighted by Gasteiger charge is 2.18. The molecule has 22 heavy (non-hydrogen) atoms. The zero-order chi connectivity index (χ0) is 16.4. The van der Waals surface area contributed by atoms with E-state index < -0.39 is 0 Å². The lowest BCUT2D eigenvalue weighted by Crippen LogP contribution is -2.39. The van der Waals surface area contributed by atoms with E-state index in [-0.39, 0.29) is 17.9 Å². The van der Waals surface area contributed by atoms with Crippen molar-refractivity contribution in [3.63, 3.8) is 0 Å². The highest BCUT2D eigenvalue weighted by atomic mass is 32.2. The number of hydrogen-bond donors (Lipinski definition) is 2. The average Bonchev–Trinajstić information content (AvgIpc) is 2.52. The number of thioether (sulfide) groups is 2. The third kappa shape index (κ3) is 6.19. The molecule has 0 heterocycles. The summed E-state index contributed by atoms with van der Waals surface area (Å²) in [6.07, 6.45) is 3.75. The first-order valence-corrected chi connectivity index (χ1v) is 9.58. The van der Waals surface area contributed by atoms with Gasteiger partial charge in [-0.05, 0) is 18.6 Å². The number of amides is 2. The number of para-hydroxylation sites is 1. The van der Waals surface area contributed by atoms with Crippen LogP contribution in [0.15, 0.2) is 24.3 Å². The number of carbonyl (C=O) groups is 2. The van der Waals surface area contributed by atoms with Crippen LogP contribution >= 0.6 is 23.5 Å². The molecule has 0 fully saturated rings. The average molecular weight is 342 g/mol. The van der Waals surface area contributed by atoms with Gasteiger partial charge in [0.2, 0.25) is 11.8 Å². The Balaban J connectivity index is 2.85. The van der Waals surface area contributed by atoms with Gasteiger partial charge in [0.25, 0.3) is 0 Å². The fourth-order valence-corrected chi connectivity index (χ4v) is 2.67. The number of methoxy groups -OCH3 is 1. The normalized spacial score (nSPS) is 11.6. The minimum atomic E-state index is -0.318. The minimum Gasteiger partial charge on any atom is -0.496 e. The summed E-state index contributed by atoms with van der Waals surface area (Å²) in [4.78, 5) is 23.6. The molecule has 1 aromatic carbocycles. The summed E-state index contributed by atoms with van der Waals surface area (Å²) in [5.41, 5.74) is 0.851. The van der Waals surface area contributed by atoms with Crippen LogP contribution in [0.3, 0.4) is 0 Å². The minimum absolute atomic E-state index is 0.0495. The molecule has 2 amide bonds. The van der Waals surface area contributed by atoms with Crippen LogP contribution in [0.25, 0.3) is 0 Å². The molecule has 0 saturated carbocycles. The van der Waals surface area contributed by atoms with Gasteiger partial charge in [-0.15, -0.1) is 0 Å². The monoisotopic (exact) mass is 342 g/mol. The Morgan fingerprint density at radius 1 is 1.14 bits per heavy atom. The van der Waals surface area contributed by atoms with Gasteiger partial charge in [-0.2, -0.15) is 23.5 Å². The van der Waals surface area contributed by atoms with Crippen molar-refractivity contribution in [3.05, 3.63) is 29.8 Å². The van der Waals surface area contributed by atoms with E-state index in [0.717, 1.165) is 5.56 Å². The Labute approximate surface area is 139 Å². The summed E-state index contributed by atoms with van der Waals surface area (Å²) in [6, 6.07) is 7.17. The molecule has 0 aliphatic heterocycles. The molecule has 1 atom stereocenters. The van der Waals surface area contributed by atoms with E-state index in [1.54, 1.807) is 7.11 Å². The Bertz CT molecular complexity index is 497. The second kappa shape index (κ2) is 10.4. The molecule has 0 aromatic heterocycles. The highest BCUT2D eigenvalue weighted by molar-refractivity contribution is 7.99. The van der Waals surface area contributed by atoms with Crippen LogP contribution < -0.4 is 15.4 Å². The first kappa shape index (κ1) is 18.7. The van der Waals surface area contributed by atoms with Crippen LogP contribution in [-0.4, -0.2) is 49.5 Å². The highest BCUT2D eigenvalue weighted by Crippen LogP contribution is 2.24. The van der Waals surface area contributed by atoms with Gasteiger partial charge in [0, 0.05) is 12.1 Å². The van der Waals surface area contributed by atoms with Gasteiger partial charge in [-0.25, -0.2) is 0 Å². The number of nitrogens with one attached hydrogen (secondary N) is 2. The lowest BCUT2D eigenvalue weighted by Gasteiger charge is -2.21. The van der Waals surface area contributed by atoms with Gasteiger partial charge in [0.15, 0.2) is 0 Å². The molecule has 0 bridgehead atoms. The van der Waals surface area contributed by atoms with Gasteiger partial charge in [0.05, 0.1) is 24.7 Å². The van der Waals surface area contributed by atoms with Gasteiger partial charge < -0.3 is 15.4 Å². The van der Waals surface area contributed by atoms with Gasteiger partial charge in [-0.1, -0.05) is 18.2 Å². The molecular weight excluding hydrogens is 320 g/mol. The van der Waals surface area contributed by atoms with Crippen molar-refractivity contribution in [2.45, 2.75) is 6.04 Å². The van der Waals surface area contributed by atoms with Crippen LogP contribution in [0.4, 0.5) is 0 Å². The van der Waals surface area contributed by atoms with Crippen molar-refractivity contribution in [1.82, 2.24) is 10.6 Å². The third-order valence-corrected chi connectivity index (χ3v) is 4.01. The van der Waals surface area contributed by atoms with Gasteiger partial charge >= 0.3 is 0 Å². The molecule has 0 saturated heterocycles. The lowest BCUT2D eigenvalue weighted by molar-refractivity contribution is -0.121. The SMILES string of the molecule is COc1ccccc1C(CNC(=O)CSC)NC(=O)CSC. The molecule has 5 nitrogen and oxygen atoms in total. The maximum atomic E-state index is 11.9. The molecule has 0 aliphatic rings. The number of ether oxygens (including phenoxy) is 1. The van der Waals surface area contributed by atoms with Crippen molar-refractivity contribution in [2.75, 3.05) is 37.7 Å². The molecule has 2 N–H and O–H groups in total. The Morgan fingerprint density at radius 2 is 1.77 bits per heavy atom. The number of carbonyl (C=O) groups excluding carboxylic acids is 2. The first-order valence-electron chi connectivity index (χ1n) is 6.79. The molecule has 1 rings (SSSR count). The molecule has 1 unspecified atom stereocenters. The zero-order valence-electron chi connectivity index (χ0n) is 13.0. The van der Waals surface area contributed by atoms with E-state index in [1.165, 1.54) is 23.5 Å². The maximum Gasteiger partial charge on any atom is 0.230 e. The zero-order valence-corrected chi connectivity index (χ0v) is 14.7. The number of benzene rings is 1. The number of hydrogen-bond acceptors (Lipinski definition) is 5. The maximum absolute atomic E-state index is 11.9. The quantitative estimate of drug-likeness (QED) is 0.715. The summed E-state index contributed by atoms with van der Waals surface area (Å²) < 4.78 is 5.35. The molecular formula is C15H22N2O3S2. The fraction of sp³-hybridized carbons (Fsp3) is 0.467. The van der Waals surface area contributed by atoms with Crippen LogP contribution in [-0.2, 0) is 9.59 Å². The van der Waals surface area contributed by atoms with E-state index in [9.17, 15) is 9.59 Å². The van der Waals surface area contributed by atoms with Gasteiger partial charge in [-0.3, -0.25) is 9.59 Å². The topological polar surface area (TPSA) is 67.4 Å².